The minimum Gasteiger partial charge on any atom is -0.508 e. The van der Waals surface area contributed by atoms with Crippen molar-refractivity contribution in [3.8, 4) is 11.4 Å². The highest BCUT2D eigenvalue weighted by atomic mass is 16.3. The molecule has 0 spiro atoms. The Hall–Kier alpha value is -3.08. The summed E-state index contributed by atoms with van der Waals surface area (Å²) in [5.41, 5.74) is 2.86. The number of nitrogens with zero attached hydrogens (tertiary/aromatic N) is 2. The molecular weight excluding hydrogens is 290 g/mol. The maximum absolute atomic E-state index is 12.0. The van der Waals surface area contributed by atoms with Crippen molar-refractivity contribution in [1.82, 2.24) is 15.1 Å². The molecule has 0 unspecified atom stereocenters. The predicted octanol–water partition coefficient (Wildman–Crippen LogP) is 2.44. The van der Waals surface area contributed by atoms with Crippen LogP contribution in [0.1, 0.15) is 11.1 Å². The van der Waals surface area contributed by atoms with E-state index in [9.17, 15) is 9.90 Å². The fraction of sp³-hybridized carbons (Fsp3) is 0.111. The molecule has 5 heteroatoms. The Kier molecular flexibility index (Phi) is 4.38. The fourth-order valence-electron chi connectivity index (χ4n) is 2.25. The fourth-order valence-corrected chi connectivity index (χ4v) is 2.25. The number of hydrogen-bond donors (Lipinski definition) is 2. The molecule has 116 valence electrons. The molecule has 0 radical (unpaired) electrons. The van der Waals surface area contributed by atoms with Gasteiger partial charge in [-0.1, -0.05) is 24.3 Å². The molecule has 0 fully saturated rings. The Balaban J connectivity index is 1.54. The summed E-state index contributed by atoms with van der Waals surface area (Å²) >= 11 is 0. The summed E-state index contributed by atoms with van der Waals surface area (Å²) in [7, 11) is 0. The smallest absolute Gasteiger partial charge is 0.224 e. The highest BCUT2D eigenvalue weighted by molar-refractivity contribution is 5.78. The monoisotopic (exact) mass is 307 g/mol. The topological polar surface area (TPSA) is 67.2 Å². The first-order valence-electron chi connectivity index (χ1n) is 7.34. The van der Waals surface area contributed by atoms with Crippen molar-refractivity contribution in [2.24, 2.45) is 0 Å². The van der Waals surface area contributed by atoms with Gasteiger partial charge in [-0.3, -0.25) is 4.79 Å². The number of hydrogen-bond acceptors (Lipinski definition) is 3. The number of phenols is 1. The van der Waals surface area contributed by atoms with Crippen LogP contribution in [0.4, 0.5) is 0 Å². The lowest BCUT2D eigenvalue weighted by molar-refractivity contribution is -0.120. The second-order valence-corrected chi connectivity index (χ2v) is 5.24. The molecule has 0 saturated carbocycles. The van der Waals surface area contributed by atoms with E-state index < -0.39 is 0 Å². The van der Waals surface area contributed by atoms with Crippen LogP contribution in [0.25, 0.3) is 5.69 Å². The molecular formula is C18H17N3O2. The van der Waals surface area contributed by atoms with Gasteiger partial charge in [0.25, 0.3) is 0 Å². The first-order chi connectivity index (χ1) is 11.2. The maximum atomic E-state index is 12.0. The molecule has 0 aliphatic rings. The van der Waals surface area contributed by atoms with Gasteiger partial charge in [0.15, 0.2) is 0 Å². The van der Waals surface area contributed by atoms with Crippen molar-refractivity contribution < 1.29 is 9.90 Å². The number of phenolic OH excluding ortho intramolecular Hbond substituents is 1. The number of rotatable bonds is 5. The Morgan fingerprint density at radius 2 is 1.74 bits per heavy atom. The van der Waals surface area contributed by atoms with Crippen molar-refractivity contribution in [2.45, 2.75) is 13.0 Å². The Morgan fingerprint density at radius 1 is 1.04 bits per heavy atom. The van der Waals surface area contributed by atoms with E-state index in [-0.39, 0.29) is 11.7 Å². The summed E-state index contributed by atoms with van der Waals surface area (Å²) in [6, 6.07) is 16.4. The minimum atomic E-state index is -0.0371. The molecule has 0 aliphatic heterocycles. The largest absolute Gasteiger partial charge is 0.508 e. The third kappa shape index (κ3) is 3.97. The number of benzene rings is 2. The Bertz CT molecular complexity index is 763. The van der Waals surface area contributed by atoms with Crippen LogP contribution in [-0.2, 0) is 17.8 Å². The molecule has 1 heterocycles. The van der Waals surface area contributed by atoms with Crippen molar-refractivity contribution >= 4 is 5.91 Å². The molecule has 3 rings (SSSR count). The standard InChI is InChI=1S/C18H17N3O2/c22-17-8-4-15(5-9-17)13-19-18(23)12-14-2-6-16(7-3-14)21-11-1-10-20-21/h1-11,22H,12-13H2,(H,19,23). The number of nitrogens with one attached hydrogen (secondary N) is 1. The summed E-state index contributed by atoms with van der Waals surface area (Å²) in [6.07, 6.45) is 3.93. The molecule has 1 amide bonds. The van der Waals surface area contributed by atoms with Crippen LogP contribution in [0.5, 0.6) is 5.75 Å². The van der Waals surface area contributed by atoms with Crippen LogP contribution in [0.15, 0.2) is 67.0 Å². The van der Waals surface area contributed by atoms with Gasteiger partial charge in [-0.05, 0) is 41.5 Å². The van der Waals surface area contributed by atoms with E-state index in [4.69, 9.17) is 0 Å². The minimum absolute atomic E-state index is 0.0371. The molecule has 23 heavy (non-hydrogen) atoms. The molecule has 0 saturated heterocycles. The summed E-state index contributed by atoms with van der Waals surface area (Å²) in [5, 5.41) is 16.3. The van der Waals surface area contributed by atoms with Gasteiger partial charge < -0.3 is 10.4 Å². The molecule has 2 N–H and O–H groups in total. The van der Waals surface area contributed by atoms with E-state index in [1.54, 1.807) is 35.1 Å². The molecule has 2 aromatic carbocycles. The van der Waals surface area contributed by atoms with E-state index in [1.165, 1.54) is 0 Å². The normalized spacial score (nSPS) is 10.4. The zero-order valence-corrected chi connectivity index (χ0v) is 12.5. The average Bonchev–Trinajstić information content (AvgIpc) is 3.09. The second kappa shape index (κ2) is 6.79. The molecule has 0 bridgehead atoms. The summed E-state index contributed by atoms with van der Waals surface area (Å²) in [5.74, 6) is 0.183. The van der Waals surface area contributed by atoms with Crippen LogP contribution in [0.2, 0.25) is 0 Å². The van der Waals surface area contributed by atoms with Gasteiger partial charge in [0.05, 0.1) is 12.1 Å². The number of aromatic nitrogens is 2. The van der Waals surface area contributed by atoms with Gasteiger partial charge in [-0.15, -0.1) is 0 Å². The highest BCUT2D eigenvalue weighted by Gasteiger charge is 2.04. The first-order valence-corrected chi connectivity index (χ1v) is 7.34. The van der Waals surface area contributed by atoms with Crippen LogP contribution >= 0.6 is 0 Å². The van der Waals surface area contributed by atoms with Crippen LogP contribution in [0.3, 0.4) is 0 Å². The maximum Gasteiger partial charge on any atom is 0.224 e. The van der Waals surface area contributed by atoms with Crippen LogP contribution in [0, 0.1) is 0 Å². The SMILES string of the molecule is O=C(Cc1ccc(-n2cccn2)cc1)NCc1ccc(O)cc1. The van der Waals surface area contributed by atoms with Crippen molar-refractivity contribution in [3.63, 3.8) is 0 Å². The quantitative estimate of drug-likeness (QED) is 0.761. The zero-order valence-electron chi connectivity index (χ0n) is 12.5. The van der Waals surface area contributed by atoms with Gasteiger partial charge >= 0.3 is 0 Å². The van der Waals surface area contributed by atoms with Crippen LogP contribution < -0.4 is 5.32 Å². The van der Waals surface area contributed by atoms with Crippen molar-refractivity contribution in [2.75, 3.05) is 0 Å². The summed E-state index contributed by atoms with van der Waals surface area (Å²) < 4.78 is 1.77. The number of aromatic hydroxyl groups is 1. The lowest BCUT2D eigenvalue weighted by Gasteiger charge is -2.07. The third-order valence-electron chi connectivity index (χ3n) is 3.50. The van der Waals surface area contributed by atoms with Crippen molar-refractivity contribution in [1.29, 1.82) is 0 Å². The lowest BCUT2D eigenvalue weighted by Crippen LogP contribution is -2.24. The highest BCUT2D eigenvalue weighted by Crippen LogP contribution is 2.10. The van der Waals surface area contributed by atoms with Gasteiger partial charge in [-0.2, -0.15) is 5.10 Å². The molecule has 1 aromatic heterocycles. The number of carbonyl (C=O) groups is 1. The third-order valence-corrected chi connectivity index (χ3v) is 3.50. The molecule has 3 aromatic rings. The van der Waals surface area contributed by atoms with E-state index in [0.717, 1.165) is 16.8 Å². The van der Waals surface area contributed by atoms with E-state index in [1.807, 2.05) is 36.5 Å². The van der Waals surface area contributed by atoms with Gasteiger partial charge in [0.2, 0.25) is 5.91 Å². The molecule has 5 nitrogen and oxygen atoms in total. The second-order valence-electron chi connectivity index (χ2n) is 5.24. The van der Waals surface area contributed by atoms with E-state index in [2.05, 4.69) is 10.4 Å². The number of amides is 1. The van der Waals surface area contributed by atoms with Gasteiger partial charge in [-0.25, -0.2) is 4.68 Å². The van der Waals surface area contributed by atoms with E-state index in [0.29, 0.717) is 13.0 Å². The zero-order chi connectivity index (χ0) is 16.1. The van der Waals surface area contributed by atoms with Gasteiger partial charge in [0, 0.05) is 18.9 Å². The van der Waals surface area contributed by atoms with Crippen LogP contribution in [-0.4, -0.2) is 20.8 Å². The van der Waals surface area contributed by atoms with Gasteiger partial charge in [0.1, 0.15) is 5.75 Å². The average molecular weight is 307 g/mol. The Morgan fingerprint density at radius 3 is 2.39 bits per heavy atom. The molecule has 0 atom stereocenters. The van der Waals surface area contributed by atoms with Crippen molar-refractivity contribution in [3.05, 3.63) is 78.1 Å². The Labute approximate surface area is 134 Å². The summed E-state index contributed by atoms with van der Waals surface area (Å²) in [4.78, 5) is 12.0. The van der Waals surface area contributed by atoms with E-state index >= 15 is 0 Å². The lowest BCUT2D eigenvalue weighted by atomic mass is 10.1. The number of carbonyl (C=O) groups excluding carboxylic acids is 1. The first kappa shape index (κ1) is 14.8. The summed E-state index contributed by atoms with van der Waals surface area (Å²) in [6.45, 7) is 0.449. The predicted molar refractivity (Wildman–Crippen MR) is 87.2 cm³/mol. The molecule has 0 aliphatic carbocycles.